The summed E-state index contributed by atoms with van der Waals surface area (Å²) < 4.78 is 0.797. The van der Waals surface area contributed by atoms with Gasteiger partial charge in [-0.1, -0.05) is 11.6 Å². The maximum Gasteiger partial charge on any atom is 0.326 e. The van der Waals surface area contributed by atoms with Crippen molar-refractivity contribution in [1.82, 2.24) is 0 Å². The second-order valence-electron chi connectivity index (χ2n) is 3.16. The van der Waals surface area contributed by atoms with Crippen LogP contribution in [0.1, 0.15) is 5.56 Å². The summed E-state index contributed by atoms with van der Waals surface area (Å²) in [6.07, 6.45) is 0.500. The van der Waals surface area contributed by atoms with Gasteiger partial charge < -0.3 is 10.4 Å². The number of nitrogens with one attached hydrogen (secondary N) is 1. The highest BCUT2D eigenvalue weighted by Crippen LogP contribution is 2.34. The third kappa shape index (κ3) is 1.60. The van der Waals surface area contributed by atoms with Crippen LogP contribution >= 0.6 is 27.5 Å². The Hall–Kier alpha value is -0.740. The van der Waals surface area contributed by atoms with E-state index in [0.29, 0.717) is 11.4 Å². The topological polar surface area (TPSA) is 49.3 Å². The molecule has 0 radical (unpaired) electrons. The molecule has 1 aromatic rings. The summed E-state index contributed by atoms with van der Waals surface area (Å²) in [5, 5.41) is 12.3. The van der Waals surface area contributed by atoms with Crippen molar-refractivity contribution in [2.75, 3.05) is 5.32 Å². The SMILES string of the molecule is O=C(O)C1Cc2cc(Br)c(Cl)cc2N1. The van der Waals surface area contributed by atoms with Gasteiger partial charge in [-0.2, -0.15) is 0 Å². The summed E-state index contributed by atoms with van der Waals surface area (Å²) in [4.78, 5) is 10.7. The van der Waals surface area contributed by atoms with E-state index in [-0.39, 0.29) is 0 Å². The Balaban J connectivity index is 2.36. The number of halogens is 2. The first-order valence-corrected chi connectivity index (χ1v) is 5.22. The van der Waals surface area contributed by atoms with Crippen molar-refractivity contribution in [3.63, 3.8) is 0 Å². The zero-order chi connectivity index (χ0) is 10.3. The smallest absolute Gasteiger partial charge is 0.326 e. The molecule has 0 bridgehead atoms. The zero-order valence-electron chi connectivity index (χ0n) is 7.05. The van der Waals surface area contributed by atoms with Crippen LogP contribution in [0.15, 0.2) is 16.6 Å². The van der Waals surface area contributed by atoms with Gasteiger partial charge in [0.2, 0.25) is 0 Å². The van der Waals surface area contributed by atoms with E-state index in [0.717, 1.165) is 15.7 Å². The summed E-state index contributed by atoms with van der Waals surface area (Å²) in [5.41, 5.74) is 1.79. The van der Waals surface area contributed by atoms with Crippen LogP contribution in [0.4, 0.5) is 5.69 Å². The largest absolute Gasteiger partial charge is 0.480 e. The van der Waals surface area contributed by atoms with E-state index in [1.165, 1.54) is 0 Å². The summed E-state index contributed by atoms with van der Waals surface area (Å²) in [6, 6.07) is 3.06. The van der Waals surface area contributed by atoms with Crippen molar-refractivity contribution >= 4 is 39.2 Å². The van der Waals surface area contributed by atoms with Crippen molar-refractivity contribution < 1.29 is 9.90 Å². The molecule has 74 valence electrons. The predicted molar refractivity (Wildman–Crippen MR) is 57.9 cm³/mol. The Bertz CT molecular complexity index is 377. The lowest BCUT2D eigenvalue weighted by Crippen LogP contribution is -2.26. The van der Waals surface area contributed by atoms with Crippen LogP contribution in [0.3, 0.4) is 0 Å². The van der Waals surface area contributed by atoms with Crippen molar-refractivity contribution in [1.29, 1.82) is 0 Å². The van der Waals surface area contributed by atoms with E-state index in [9.17, 15) is 4.79 Å². The third-order valence-electron chi connectivity index (χ3n) is 2.20. The monoisotopic (exact) mass is 275 g/mol. The van der Waals surface area contributed by atoms with Crippen molar-refractivity contribution in [3.05, 3.63) is 27.2 Å². The third-order valence-corrected chi connectivity index (χ3v) is 3.40. The van der Waals surface area contributed by atoms with E-state index < -0.39 is 12.0 Å². The number of carbonyl (C=O) groups is 1. The fraction of sp³-hybridized carbons (Fsp3) is 0.222. The lowest BCUT2D eigenvalue weighted by molar-refractivity contribution is -0.137. The number of aliphatic carboxylic acids is 1. The molecule has 0 fully saturated rings. The van der Waals surface area contributed by atoms with Gasteiger partial charge in [0.15, 0.2) is 0 Å². The van der Waals surface area contributed by atoms with E-state index >= 15 is 0 Å². The highest BCUT2D eigenvalue weighted by Gasteiger charge is 2.26. The van der Waals surface area contributed by atoms with Gasteiger partial charge in [0.25, 0.3) is 0 Å². The standard InChI is InChI=1S/C9H7BrClNO2/c10-5-1-4-2-8(9(13)14)12-7(4)3-6(5)11/h1,3,8,12H,2H2,(H,13,14). The number of hydrogen-bond donors (Lipinski definition) is 2. The van der Waals surface area contributed by atoms with E-state index in [1.807, 2.05) is 6.07 Å². The molecule has 1 heterocycles. The Morgan fingerprint density at radius 1 is 1.64 bits per heavy atom. The molecule has 2 rings (SSSR count). The molecule has 1 atom stereocenters. The van der Waals surface area contributed by atoms with Gasteiger partial charge in [-0.3, -0.25) is 0 Å². The van der Waals surface area contributed by atoms with Crippen molar-refractivity contribution in [2.45, 2.75) is 12.5 Å². The molecule has 14 heavy (non-hydrogen) atoms. The molecule has 5 heteroatoms. The molecule has 1 aliphatic heterocycles. The predicted octanol–water partition coefficient (Wildman–Crippen LogP) is 2.52. The van der Waals surface area contributed by atoms with E-state index in [4.69, 9.17) is 16.7 Å². The normalized spacial score (nSPS) is 18.9. The fourth-order valence-electron chi connectivity index (χ4n) is 1.50. The van der Waals surface area contributed by atoms with Gasteiger partial charge in [0.1, 0.15) is 6.04 Å². The fourth-order valence-corrected chi connectivity index (χ4v) is 2.05. The molecule has 0 spiro atoms. The maximum absolute atomic E-state index is 10.7. The Labute approximate surface area is 94.2 Å². The van der Waals surface area contributed by atoms with Gasteiger partial charge in [-0.15, -0.1) is 0 Å². The Morgan fingerprint density at radius 2 is 2.36 bits per heavy atom. The maximum atomic E-state index is 10.7. The number of fused-ring (bicyclic) bond motifs is 1. The lowest BCUT2D eigenvalue weighted by Gasteiger charge is -2.04. The van der Waals surface area contributed by atoms with Gasteiger partial charge in [-0.25, -0.2) is 4.79 Å². The molecule has 1 aromatic carbocycles. The number of anilines is 1. The van der Waals surface area contributed by atoms with Gasteiger partial charge in [-0.05, 0) is 33.6 Å². The molecule has 0 saturated heterocycles. The van der Waals surface area contributed by atoms with Crippen molar-refractivity contribution in [3.8, 4) is 0 Å². The molecule has 0 aliphatic carbocycles. The average molecular weight is 277 g/mol. The number of rotatable bonds is 1. The summed E-state index contributed by atoms with van der Waals surface area (Å²) in [6.45, 7) is 0. The minimum absolute atomic E-state index is 0.500. The molecule has 0 amide bonds. The molecular formula is C9H7BrClNO2. The van der Waals surface area contributed by atoms with Crippen LogP contribution < -0.4 is 5.32 Å². The first-order valence-electron chi connectivity index (χ1n) is 4.05. The van der Waals surface area contributed by atoms with Gasteiger partial charge in [0.05, 0.1) is 5.02 Å². The van der Waals surface area contributed by atoms with Gasteiger partial charge >= 0.3 is 5.97 Å². The Morgan fingerprint density at radius 3 is 3.00 bits per heavy atom. The molecular weight excluding hydrogens is 269 g/mol. The summed E-state index contributed by atoms with van der Waals surface area (Å²) >= 11 is 9.18. The zero-order valence-corrected chi connectivity index (χ0v) is 9.39. The molecule has 2 N–H and O–H groups in total. The highest BCUT2D eigenvalue weighted by atomic mass is 79.9. The molecule has 1 aliphatic rings. The van der Waals surface area contributed by atoms with E-state index in [1.54, 1.807) is 6.07 Å². The number of hydrogen-bond acceptors (Lipinski definition) is 2. The van der Waals surface area contributed by atoms with Crippen molar-refractivity contribution in [2.24, 2.45) is 0 Å². The second-order valence-corrected chi connectivity index (χ2v) is 4.42. The van der Waals surface area contributed by atoms with Crippen LogP contribution in [0.25, 0.3) is 0 Å². The first kappa shape index (κ1) is 9.80. The Kier molecular flexibility index (Phi) is 2.41. The van der Waals surface area contributed by atoms with E-state index in [2.05, 4.69) is 21.2 Å². The summed E-state index contributed by atoms with van der Waals surface area (Å²) in [7, 11) is 0. The summed E-state index contributed by atoms with van der Waals surface area (Å²) in [5.74, 6) is -0.839. The molecule has 0 saturated carbocycles. The van der Waals surface area contributed by atoms with Crippen LogP contribution in [-0.2, 0) is 11.2 Å². The first-order chi connectivity index (χ1) is 6.58. The second kappa shape index (κ2) is 3.44. The molecule has 1 unspecified atom stereocenters. The number of benzene rings is 1. The minimum atomic E-state index is -0.839. The molecule has 0 aromatic heterocycles. The van der Waals surface area contributed by atoms with Crippen LogP contribution in [-0.4, -0.2) is 17.1 Å². The number of carboxylic acid groups (broad SMARTS) is 1. The number of carboxylic acids is 1. The van der Waals surface area contributed by atoms with Gasteiger partial charge in [0, 0.05) is 16.6 Å². The molecule has 3 nitrogen and oxygen atoms in total. The minimum Gasteiger partial charge on any atom is -0.480 e. The lowest BCUT2D eigenvalue weighted by atomic mass is 10.1. The van der Waals surface area contributed by atoms with Crippen LogP contribution in [0.2, 0.25) is 5.02 Å². The van der Waals surface area contributed by atoms with Crippen LogP contribution in [0, 0.1) is 0 Å². The average Bonchev–Trinajstić information content (AvgIpc) is 2.48. The van der Waals surface area contributed by atoms with Crippen LogP contribution in [0.5, 0.6) is 0 Å². The highest BCUT2D eigenvalue weighted by molar-refractivity contribution is 9.10. The quantitative estimate of drug-likeness (QED) is 0.829.